The van der Waals surface area contributed by atoms with Gasteiger partial charge in [0.1, 0.15) is 24.2 Å². The molecular formula is C55H55N5O8. The summed E-state index contributed by atoms with van der Waals surface area (Å²) in [6.07, 6.45) is 2.15. The molecule has 0 spiro atoms. The number of nitro benzene ring substituents is 1. The largest absolute Gasteiger partial charge is 0.445 e. The Kier molecular flexibility index (Phi) is 17.6. The van der Waals surface area contributed by atoms with Crippen LogP contribution >= 0.6 is 0 Å². The molecule has 0 aromatic heterocycles. The Labute approximate surface area is 396 Å². The van der Waals surface area contributed by atoms with E-state index in [0.717, 1.165) is 27.8 Å². The molecule has 0 unspecified atom stereocenters. The lowest BCUT2D eigenvalue weighted by atomic mass is 9.77. The average molecular weight is 914 g/mol. The average Bonchev–Trinajstić information content (AvgIpc) is 3.36. The second-order valence-electron chi connectivity index (χ2n) is 16.7. The molecule has 0 bridgehead atoms. The van der Waals surface area contributed by atoms with Crippen molar-refractivity contribution in [3.05, 3.63) is 232 Å². The van der Waals surface area contributed by atoms with Crippen LogP contribution in [0.3, 0.4) is 0 Å². The number of amides is 4. The predicted octanol–water partition coefficient (Wildman–Crippen LogP) is 8.78. The molecule has 0 heterocycles. The van der Waals surface area contributed by atoms with Crippen LogP contribution in [-0.2, 0) is 37.7 Å². The first-order chi connectivity index (χ1) is 32.9. The van der Waals surface area contributed by atoms with Crippen LogP contribution in [-0.4, -0.2) is 52.6 Å². The van der Waals surface area contributed by atoms with Gasteiger partial charge in [-0.25, -0.2) is 4.79 Å². The molecule has 6 aromatic rings. The SMILES string of the molecule is CC(C)C[C@H](NC(=O)OCc1ccccc1)C(=O)N[C@@H](Cc1ccccc1)C(=O)N[C@H](/C=C/C(=O)c1ccc([N+](=O)[O-])cc1)CCC(=O)NC(c1ccccc1)(c1ccccc1)c1ccccc1. The smallest absolute Gasteiger partial charge is 0.408 e. The van der Waals surface area contributed by atoms with E-state index in [1.807, 2.05) is 166 Å². The van der Waals surface area contributed by atoms with Gasteiger partial charge in [-0.3, -0.25) is 29.3 Å². The van der Waals surface area contributed by atoms with Gasteiger partial charge in [-0.2, -0.15) is 0 Å². The quantitative estimate of drug-likeness (QED) is 0.0171. The molecule has 68 heavy (non-hydrogen) atoms. The van der Waals surface area contributed by atoms with Gasteiger partial charge in [0.2, 0.25) is 17.7 Å². The maximum absolute atomic E-state index is 14.5. The summed E-state index contributed by atoms with van der Waals surface area (Å²) in [5.41, 5.74) is 2.85. The molecule has 0 aliphatic carbocycles. The lowest BCUT2D eigenvalue weighted by Gasteiger charge is -2.37. The molecule has 6 aromatic carbocycles. The number of hydrogen-bond acceptors (Lipinski definition) is 8. The monoisotopic (exact) mass is 913 g/mol. The Hall–Kier alpha value is -8.19. The maximum atomic E-state index is 14.5. The summed E-state index contributed by atoms with van der Waals surface area (Å²) < 4.78 is 5.43. The van der Waals surface area contributed by atoms with Gasteiger partial charge < -0.3 is 26.0 Å². The fourth-order valence-corrected chi connectivity index (χ4v) is 7.83. The molecule has 0 aliphatic rings. The molecular weight excluding hydrogens is 859 g/mol. The Morgan fingerprint density at radius 1 is 0.618 bits per heavy atom. The molecule has 348 valence electrons. The first-order valence-electron chi connectivity index (χ1n) is 22.5. The number of non-ortho nitro benzene ring substituents is 1. The Morgan fingerprint density at radius 3 is 1.60 bits per heavy atom. The third-order valence-corrected chi connectivity index (χ3v) is 11.2. The van der Waals surface area contributed by atoms with Crippen LogP contribution in [0.25, 0.3) is 0 Å². The zero-order chi connectivity index (χ0) is 48.3. The normalized spacial score (nSPS) is 12.6. The van der Waals surface area contributed by atoms with E-state index >= 15 is 0 Å². The minimum atomic E-state index is -1.17. The molecule has 6 rings (SSSR count). The van der Waals surface area contributed by atoms with Crippen LogP contribution < -0.4 is 21.3 Å². The van der Waals surface area contributed by atoms with Gasteiger partial charge in [0, 0.05) is 36.6 Å². The van der Waals surface area contributed by atoms with Crippen molar-refractivity contribution in [3.8, 4) is 0 Å². The first-order valence-corrected chi connectivity index (χ1v) is 22.5. The predicted molar refractivity (Wildman–Crippen MR) is 260 cm³/mol. The van der Waals surface area contributed by atoms with E-state index in [1.54, 1.807) is 0 Å². The van der Waals surface area contributed by atoms with E-state index < -0.39 is 52.3 Å². The highest BCUT2D eigenvalue weighted by Gasteiger charge is 2.38. The zero-order valence-corrected chi connectivity index (χ0v) is 38.0. The zero-order valence-electron chi connectivity index (χ0n) is 38.0. The third kappa shape index (κ3) is 13.9. The van der Waals surface area contributed by atoms with Crippen LogP contribution in [0, 0.1) is 16.0 Å². The molecule has 13 nitrogen and oxygen atoms in total. The van der Waals surface area contributed by atoms with E-state index in [9.17, 15) is 34.1 Å². The van der Waals surface area contributed by atoms with Crippen LogP contribution in [0.5, 0.6) is 0 Å². The van der Waals surface area contributed by atoms with Gasteiger partial charge >= 0.3 is 6.09 Å². The van der Waals surface area contributed by atoms with E-state index in [4.69, 9.17) is 4.74 Å². The number of benzene rings is 6. The highest BCUT2D eigenvalue weighted by Crippen LogP contribution is 2.37. The highest BCUT2D eigenvalue weighted by molar-refractivity contribution is 6.04. The first kappa shape index (κ1) is 49.2. The highest BCUT2D eigenvalue weighted by atomic mass is 16.6. The van der Waals surface area contributed by atoms with E-state index in [1.165, 1.54) is 36.4 Å². The van der Waals surface area contributed by atoms with Crippen molar-refractivity contribution in [2.45, 2.75) is 69.8 Å². The van der Waals surface area contributed by atoms with Gasteiger partial charge in [0.05, 0.1) is 4.92 Å². The summed E-state index contributed by atoms with van der Waals surface area (Å²) >= 11 is 0. The number of nitrogens with one attached hydrogen (secondary N) is 4. The standard InChI is InChI=1S/C55H55N5O8/c1-39(2)36-48(58-54(65)68-38-41-20-10-4-11-21-41)53(64)57-49(37-40-18-8-3-9-19-40)52(63)56-46(30-34-50(61)42-28-32-47(33-29-42)60(66)67)31-35-51(62)59-55(43-22-12-5-13-23-43,44-24-14-6-15-25-44)45-26-16-7-17-27-45/h3-30,32-34,39,46,48-49H,31,35-38H2,1-2H3,(H,56,63)(H,57,64)(H,58,65)(H,59,62)/b34-30+/t46-,48+,49+/m1/s1. The summed E-state index contributed by atoms with van der Waals surface area (Å²) in [6, 6.07) is 49.0. The lowest BCUT2D eigenvalue weighted by molar-refractivity contribution is -0.384. The number of nitro groups is 1. The Morgan fingerprint density at radius 2 is 1.10 bits per heavy atom. The molecule has 3 atom stereocenters. The number of allylic oxidation sites excluding steroid dienone is 1. The number of alkyl carbamates (subject to hydrolysis) is 1. The van der Waals surface area contributed by atoms with Crippen LogP contribution in [0.2, 0.25) is 0 Å². The van der Waals surface area contributed by atoms with Crippen molar-refractivity contribution in [3.63, 3.8) is 0 Å². The topological polar surface area (TPSA) is 186 Å². The number of ketones is 1. The van der Waals surface area contributed by atoms with E-state index in [0.29, 0.717) is 0 Å². The van der Waals surface area contributed by atoms with Gasteiger partial charge in [-0.15, -0.1) is 0 Å². The summed E-state index contributed by atoms with van der Waals surface area (Å²) in [5, 5.41) is 23.1. The number of ether oxygens (including phenoxy) is 1. The number of carbonyl (C=O) groups is 5. The second kappa shape index (κ2) is 24.4. The van der Waals surface area contributed by atoms with Gasteiger partial charge in [0.15, 0.2) is 5.78 Å². The molecule has 13 heteroatoms. The van der Waals surface area contributed by atoms with Crippen molar-refractivity contribution >= 4 is 35.3 Å². The van der Waals surface area contributed by atoms with E-state index in [-0.39, 0.29) is 55.4 Å². The number of nitrogens with zero attached hydrogens (tertiary/aromatic N) is 1. The van der Waals surface area contributed by atoms with Crippen LogP contribution in [0.1, 0.15) is 71.3 Å². The molecule has 0 radical (unpaired) electrons. The fourth-order valence-electron chi connectivity index (χ4n) is 7.83. The summed E-state index contributed by atoms with van der Waals surface area (Å²) in [6.45, 7) is 3.80. The van der Waals surface area contributed by atoms with Crippen molar-refractivity contribution in [2.75, 3.05) is 0 Å². The minimum Gasteiger partial charge on any atom is -0.445 e. The molecule has 0 saturated carbocycles. The van der Waals surface area contributed by atoms with E-state index in [2.05, 4.69) is 21.3 Å². The summed E-state index contributed by atoms with van der Waals surface area (Å²) in [4.78, 5) is 80.3. The third-order valence-electron chi connectivity index (χ3n) is 11.2. The second-order valence-corrected chi connectivity index (χ2v) is 16.7. The molecule has 0 saturated heterocycles. The van der Waals surface area contributed by atoms with Crippen molar-refractivity contribution < 1.29 is 33.6 Å². The van der Waals surface area contributed by atoms with Gasteiger partial charge in [0.25, 0.3) is 5.69 Å². The summed E-state index contributed by atoms with van der Waals surface area (Å²) in [5.74, 6) is -2.09. The molecule has 4 amide bonds. The van der Waals surface area contributed by atoms with Crippen LogP contribution in [0.4, 0.5) is 10.5 Å². The Balaban J connectivity index is 1.27. The fraction of sp³-hybridized carbons (Fsp3) is 0.218. The molecule has 0 aliphatic heterocycles. The van der Waals surface area contributed by atoms with Crippen molar-refractivity contribution in [1.29, 1.82) is 0 Å². The van der Waals surface area contributed by atoms with Gasteiger partial charge in [-0.05, 0) is 64.8 Å². The van der Waals surface area contributed by atoms with Crippen molar-refractivity contribution in [2.24, 2.45) is 5.92 Å². The van der Waals surface area contributed by atoms with Crippen LogP contribution in [0.15, 0.2) is 188 Å². The molecule has 0 fully saturated rings. The van der Waals surface area contributed by atoms with Gasteiger partial charge in [-0.1, -0.05) is 172 Å². The maximum Gasteiger partial charge on any atom is 0.408 e. The summed E-state index contributed by atoms with van der Waals surface area (Å²) in [7, 11) is 0. The Bertz CT molecular complexity index is 2530. The minimum absolute atomic E-state index is 0.00684. The lowest BCUT2D eigenvalue weighted by Crippen LogP contribution is -2.55. The number of carbonyl (C=O) groups excluding carboxylic acids is 5. The number of rotatable bonds is 22. The van der Waals surface area contributed by atoms with Crippen molar-refractivity contribution in [1.82, 2.24) is 21.3 Å². The molecule has 4 N–H and O–H groups in total. The number of hydrogen-bond donors (Lipinski definition) is 4.